The summed E-state index contributed by atoms with van der Waals surface area (Å²) in [6.45, 7) is 4.08. The number of nitrogens with zero attached hydrogens (tertiary/aromatic N) is 1. The van der Waals surface area contributed by atoms with Gasteiger partial charge in [-0.05, 0) is 37.1 Å². The number of hydrogen-bond donors (Lipinski definition) is 1. The van der Waals surface area contributed by atoms with Gasteiger partial charge in [0.05, 0.1) is 10.6 Å². The highest BCUT2D eigenvalue weighted by atomic mass is 32.2. The minimum atomic E-state index is -0.347. The lowest BCUT2D eigenvalue weighted by atomic mass is 10.1. The number of rotatable bonds is 1. The Balaban J connectivity index is 2.17. The smallest absolute Gasteiger partial charge is 0.293 e. The SMILES string of the molecule is Cc1cc(C)c2c(c1)Nc1c(cccc1[N+](=O)[O-])S2. The standard InChI is InChI=1S/C14H12N2O2S/c1-8-6-9(2)14-10(7-8)15-13-11(16(17)18)4-3-5-12(13)19-14/h3-7,15H,1-2H3. The Morgan fingerprint density at radius 2 is 2.05 bits per heavy atom. The summed E-state index contributed by atoms with van der Waals surface area (Å²) >= 11 is 1.58. The van der Waals surface area contributed by atoms with E-state index in [4.69, 9.17) is 0 Å². The summed E-state index contributed by atoms with van der Waals surface area (Å²) in [5, 5.41) is 14.3. The second-order valence-corrected chi connectivity index (χ2v) is 5.65. The molecule has 3 rings (SSSR count). The lowest BCUT2D eigenvalue weighted by Gasteiger charge is -2.22. The lowest BCUT2D eigenvalue weighted by Crippen LogP contribution is -2.04. The van der Waals surface area contributed by atoms with Gasteiger partial charge in [-0.25, -0.2) is 0 Å². The maximum Gasteiger partial charge on any atom is 0.293 e. The van der Waals surface area contributed by atoms with E-state index in [1.54, 1.807) is 17.8 Å². The zero-order valence-corrected chi connectivity index (χ0v) is 11.4. The molecule has 0 atom stereocenters. The minimum Gasteiger partial charge on any atom is -0.348 e. The fourth-order valence-corrected chi connectivity index (χ4v) is 3.37. The fourth-order valence-electron chi connectivity index (χ4n) is 2.31. The molecule has 1 N–H and O–H groups in total. The number of fused-ring (bicyclic) bond motifs is 2. The molecule has 0 saturated heterocycles. The quantitative estimate of drug-likeness (QED) is 0.526. The average molecular weight is 272 g/mol. The molecule has 0 aromatic heterocycles. The van der Waals surface area contributed by atoms with Crippen LogP contribution < -0.4 is 5.32 Å². The maximum atomic E-state index is 11.1. The van der Waals surface area contributed by atoms with Gasteiger partial charge < -0.3 is 5.32 Å². The predicted molar refractivity (Wildman–Crippen MR) is 76.4 cm³/mol. The molecule has 1 aliphatic rings. The van der Waals surface area contributed by atoms with Gasteiger partial charge in [0.2, 0.25) is 0 Å². The third-order valence-electron chi connectivity index (χ3n) is 3.09. The van der Waals surface area contributed by atoms with Crippen molar-refractivity contribution in [2.45, 2.75) is 23.6 Å². The van der Waals surface area contributed by atoms with Gasteiger partial charge in [-0.3, -0.25) is 10.1 Å². The molecule has 4 nitrogen and oxygen atoms in total. The molecule has 0 aliphatic carbocycles. The summed E-state index contributed by atoms with van der Waals surface area (Å²) in [5.41, 5.74) is 3.99. The molecule has 0 unspecified atom stereocenters. The molecule has 1 aliphatic heterocycles. The summed E-state index contributed by atoms with van der Waals surface area (Å²) < 4.78 is 0. The molecule has 96 valence electrons. The second kappa shape index (κ2) is 4.28. The summed E-state index contributed by atoms with van der Waals surface area (Å²) in [6, 6.07) is 9.30. The van der Waals surface area contributed by atoms with E-state index in [0.717, 1.165) is 21.0 Å². The first-order valence-electron chi connectivity index (χ1n) is 5.90. The average Bonchev–Trinajstić information content (AvgIpc) is 2.35. The van der Waals surface area contributed by atoms with E-state index < -0.39 is 0 Å². The van der Waals surface area contributed by atoms with Gasteiger partial charge in [0, 0.05) is 15.9 Å². The number of aryl methyl sites for hydroxylation is 2. The van der Waals surface area contributed by atoms with Crippen LogP contribution in [-0.4, -0.2) is 4.92 Å². The third-order valence-corrected chi connectivity index (χ3v) is 4.40. The Morgan fingerprint density at radius 3 is 2.79 bits per heavy atom. The van der Waals surface area contributed by atoms with Crippen molar-refractivity contribution in [2.75, 3.05) is 5.32 Å². The molecular weight excluding hydrogens is 260 g/mol. The molecule has 1 heterocycles. The van der Waals surface area contributed by atoms with Crippen LogP contribution in [0.3, 0.4) is 0 Å². The Morgan fingerprint density at radius 1 is 1.26 bits per heavy atom. The monoisotopic (exact) mass is 272 g/mol. The van der Waals surface area contributed by atoms with Crippen molar-refractivity contribution in [1.29, 1.82) is 0 Å². The van der Waals surface area contributed by atoms with Crippen LogP contribution in [0.25, 0.3) is 0 Å². The van der Waals surface area contributed by atoms with E-state index in [1.165, 1.54) is 11.6 Å². The van der Waals surface area contributed by atoms with E-state index in [9.17, 15) is 10.1 Å². The van der Waals surface area contributed by atoms with Crippen LogP contribution in [0.1, 0.15) is 11.1 Å². The van der Waals surface area contributed by atoms with Gasteiger partial charge in [-0.2, -0.15) is 0 Å². The van der Waals surface area contributed by atoms with Gasteiger partial charge in [0.1, 0.15) is 5.69 Å². The molecule has 5 heteroatoms. The number of nitrogens with one attached hydrogen (secondary N) is 1. The van der Waals surface area contributed by atoms with Crippen molar-refractivity contribution < 1.29 is 4.92 Å². The number of nitro benzene ring substituents is 1. The van der Waals surface area contributed by atoms with Gasteiger partial charge >= 0.3 is 0 Å². The van der Waals surface area contributed by atoms with Crippen LogP contribution in [0.2, 0.25) is 0 Å². The lowest BCUT2D eigenvalue weighted by molar-refractivity contribution is -0.384. The zero-order chi connectivity index (χ0) is 13.6. The molecule has 19 heavy (non-hydrogen) atoms. The Kier molecular flexibility index (Phi) is 2.71. The van der Waals surface area contributed by atoms with Crippen molar-refractivity contribution in [3.63, 3.8) is 0 Å². The molecule has 0 radical (unpaired) electrons. The van der Waals surface area contributed by atoms with Crippen LogP contribution in [-0.2, 0) is 0 Å². The van der Waals surface area contributed by atoms with Gasteiger partial charge in [-0.15, -0.1) is 0 Å². The van der Waals surface area contributed by atoms with Crippen LogP contribution in [0, 0.1) is 24.0 Å². The third kappa shape index (κ3) is 1.96. The Bertz CT molecular complexity index is 698. The number of para-hydroxylation sites is 1. The van der Waals surface area contributed by atoms with E-state index in [2.05, 4.69) is 18.3 Å². The summed E-state index contributed by atoms with van der Waals surface area (Å²) in [4.78, 5) is 12.8. The molecule has 0 bridgehead atoms. The number of hydrogen-bond acceptors (Lipinski definition) is 4. The van der Waals surface area contributed by atoms with E-state index in [-0.39, 0.29) is 10.6 Å². The van der Waals surface area contributed by atoms with Crippen LogP contribution >= 0.6 is 11.8 Å². The molecule has 0 fully saturated rings. The highest BCUT2D eigenvalue weighted by Crippen LogP contribution is 2.48. The predicted octanol–water partition coefficient (Wildman–Crippen LogP) is 4.42. The highest BCUT2D eigenvalue weighted by Gasteiger charge is 2.24. The first-order valence-corrected chi connectivity index (χ1v) is 6.71. The van der Waals surface area contributed by atoms with E-state index in [0.29, 0.717) is 5.69 Å². The van der Waals surface area contributed by atoms with Gasteiger partial charge in [0.25, 0.3) is 5.69 Å². The molecule has 2 aromatic rings. The summed E-state index contributed by atoms with van der Waals surface area (Å²) in [5.74, 6) is 0. The Labute approximate surface area is 115 Å². The molecular formula is C14H12N2O2S. The van der Waals surface area contributed by atoms with Crippen molar-refractivity contribution in [3.8, 4) is 0 Å². The van der Waals surface area contributed by atoms with Crippen molar-refractivity contribution in [3.05, 3.63) is 51.6 Å². The van der Waals surface area contributed by atoms with Crippen LogP contribution in [0.5, 0.6) is 0 Å². The zero-order valence-electron chi connectivity index (χ0n) is 10.6. The number of nitro groups is 1. The molecule has 0 saturated carbocycles. The summed E-state index contributed by atoms with van der Waals surface area (Å²) in [6.07, 6.45) is 0. The Hall–Kier alpha value is -2.01. The van der Waals surface area contributed by atoms with Crippen molar-refractivity contribution in [1.82, 2.24) is 0 Å². The number of benzene rings is 2. The molecule has 0 spiro atoms. The van der Waals surface area contributed by atoms with E-state index >= 15 is 0 Å². The summed E-state index contributed by atoms with van der Waals surface area (Å²) in [7, 11) is 0. The number of anilines is 2. The molecule has 0 amide bonds. The first-order chi connectivity index (χ1) is 9.06. The fraction of sp³-hybridized carbons (Fsp3) is 0.143. The van der Waals surface area contributed by atoms with Gasteiger partial charge in [-0.1, -0.05) is 23.9 Å². The minimum absolute atomic E-state index is 0.120. The van der Waals surface area contributed by atoms with Crippen LogP contribution in [0.4, 0.5) is 17.1 Å². The largest absolute Gasteiger partial charge is 0.348 e. The first kappa shape index (κ1) is 12.0. The van der Waals surface area contributed by atoms with Gasteiger partial charge in [0.15, 0.2) is 0 Å². The van der Waals surface area contributed by atoms with Crippen molar-refractivity contribution in [2.24, 2.45) is 0 Å². The normalized spacial score (nSPS) is 12.3. The maximum absolute atomic E-state index is 11.1. The van der Waals surface area contributed by atoms with E-state index in [1.807, 2.05) is 19.1 Å². The van der Waals surface area contributed by atoms with Crippen molar-refractivity contribution >= 4 is 28.8 Å². The second-order valence-electron chi connectivity index (χ2n) is 4.59. The topological polar surface area (TPSA) is 55.2 Å². The highest BCUT2D eigenvalue weighted by molar-refractivity contribution is 7.99. The molecule has 2 aromatic carbocycles. The van der Waals surface area contributed by atoms with Crippen LogP contribution in [0.15, 0.2) is 40.1 Å².